The molecule has 0 bridgehead atoms. The third kappa shape index (κ3) is 4.21. The van der Waals surface area contributed by atoms with Gasteiger partial charge in [-0.2, -0.15) is 0 Å². The summed E-state index contributed by atoms with van der Waals surface area (Å²) in [6.45, 7) is 7.14. The molecule has 2 fully saturated rings. The molecule has 100 valence electrons. The van der Waals surface area contributed by atoms with E-state index in [9.17, 15) is 0 Å². The molecule has 2 saturated heterocycles. The van der Waals surface area contributed by atoms with Crippen molar-refractivity contribution in [3.8, 4) is 0 Å². The fraction of sp³-hybridized carbons (Fsp3) is 1.00. The zero-order valence-corrected chi connectivity index (χ0v) is 11.5. The number of nitrogens with zero attached hydrogens (tertiary/aromatic N) is 3. The second-order valence-corrected chi connectivity index (χ2v) is 5.62. The first-order chi connectivity index (χ1) is 8.25. The van der Waals surface area contributed by atoms with Crippen LogP contribution in [0.15, 0.2) is 0 Å². The number of hydrogen-bond acceptors (Lipinski definition) is 4. The van der Waals surface area contributed by atoms with Gasteiger partial charge < -0.3 is 9.80 Å². The zero-order valence-electron chi connectivity index (χ0n) is 11.5. The Bertz CT molecular complexity index is 213. The first-order valence-electron chi connectivity index (χ1n) is 7.13. The van der Waals surface area contributed by atoms with Crippen LogP contribution in [0.25, 0.3) is 0 Å². The largest absolute Gasteiger partial charge is 0.304 e. The van der Waals surface area contributed by atoms with Crippen molar-refractivity contribution in [1.29, 1.82) is 0 Å². The van der Waals surface area contributed by atoms with Crippen molar-refractivity contribution in [2.75, 3.05) is 53.4 Å². The van der Waals surface area contributed by atoms with Gasteiger partial charge in [0.25, 0.3) is 0 Å². The topological polar surface area (TPSA) is 21.8 Å². The minimum Gasteiger partial charge on any atom is -0.304 e. The van der Waals surface area contributed by atoms with Gasteiger partial charge in [-0.15, -0.1) is 0 Å². The molecule has 0 spiro atoms. The molecule has 0 aromatic heterocycles. The number of hydrogen-bond donors (Lipinski definition) is 1. The number of likely N-dealkylation sites (tertiary alicyclic amines) is 1. The summed E-state index contributed by atoms with van der Waals surface area (Å²) in [5.41, 5.74) is 3.59. The highest BCUT2D eigenvalue weighted by Crippen LogP contribution is 2.17. The Morgan fingerprint density at radius 3 is 2.47 bits per heavy atom. The maximum atomic E-state index is 3.59. The molecule has 2 aliphatic heterocycles. The van der Waals surface area contributed by atoms with Crippen LogP contribution in [0.5, 0.6) is 0 Å². The van der Waals surface area contributed by atoms with Gasteiger partial charge in [-0.05, 0) is 39.9 Å². The number of rotatable bonds is 4. The first-order valence-corrected chi connectivity index (χ1v) is 7.13. The molecule has 1 unspecified atom stereocenters. The van der Waals surface area contributed by atoms with Crippen LogP contribution in [0.4, 0.5) is 0 Å². The van der Waals surface area contributed by atoms with Crippen LogP contribution in [-0.4, -0.2) is 74.2 Å². The minimum absolute atomic E-state index is 0.809. The van der Waals surface area contributed by atoms with Gasteiger partial charge in [0, 0.05) is 38.8 Å². The number of likely N-dealkylation sites (N-methyl/N-ethyl adjacent to an activating group) is 1. The Morgan fingerprint density at radius 1 is 1.00 bits per heavy atom. The predicted octanol–water partition coefficient (Wildman–Crippen LogP) is 0.613. The maximum Gasteiger partial charge on any atom is 0.0259 e. The van der Waals surface area contributed by atoms with Crippen LogP contribution in [0.2, 0.25) is 0 Å². The highest BCUT2D eigenvalue weighted by molar-refractivity contribution is 4.75. The Hall–Kier alpha value is -0.160. The molecule has 4 nitrogen and oxygen atoms in total. The van der Waals surface area contributed by atoms with Gasteiger partial charge in [0.15, 0.2) is 0 Å². The van der Waals surface area contributed by atoms with E-state index in [4.69, 9.17) is 0 Å². The number of hydrazine groups is 1. The van der Waals surface area contributed by atoms with Gasteiger partial charge >= 0.3 is 0 Å². The van der Waals surface area contributed by atoms with Crippen LogP contribution in [0.3, 0.4) is 0 Å². The Labute approximate surface area is 106 Å². The average molecular weight is 240 g/mol. The molecule has 0 radical (unpaired) electrons. The summed E-state index contributed by atoms with van der Waals surface area (Å²) >= 11 is 0. The molecule has 1 atom stereocenters. The average Bonchev–Trinajstić information content (AvgIpc) is 2.34. The summed E-state index contributed by atoms with van der Waals surface area (Å²) in [6, 6.07) is 0.809. The standard InChI is InChI=1S/C13H28N4/c1-15-9-11-17(12-10-15)14-7-6-13-5-3-4-8-16(13)2/h13-14H,3-12H2,1-2H3. The molecule has 2 heterocycles. The van der Waals surface area contributed by atoms with Crippen molar-refractivity contribution < 1.29 is 0 Å². The Kier molecular flexibility index (Phi) is 5.22. The van der Waals surface area contributed by atoms with Gasteiger partial charge in [0.2, 0.25) is 0 Å². The third-order valence-electron chi connectivity index (χ3n) is 4.24. The third-order valence-corrected chi connectivity index (χ3v) is 4.24. The lowest BCUT2D eigenvalue weighted by Gasteiger charge is -2.35. The van der Waals surface area contributed by atoms with Crippen LogP contribution >= 0.6 is 0 Å². The lowest BCUT2D eigenvalue weighted by Crippen LogP contribution is -2.51. The SMILES string of the molecule is CN1CCN(NCCC2CCCCN2C)CC1. The normalized spacial score (nSPS) is 29.6. The molecular formula is C13H28N4. The summed E-state index contributed by atoms with van der Waals surface area (Å²) in [5, 5.41) is 2.39. The summed E-state index contributed by atoms with van der Waals surface area (Å²) in [5.74, 6) is 0. The minimum atomic E-state index is 0.809. The van der Waals surface area contributed by atoms with Crippen molar-refractivity contribution in [3.63, 3.8) is 0 Å². The van der Waals surface area contributed by atoms with Crippen molar-refractivity contribution in [1.82, 2.24) is 20.2 Å². The smallest absolute Gasteiger partial charge is 0.0259 e. The summed E-state index contributed by atoms with van der Waals surface area (Å²) < 4.78 is 0. The first kappa shape index (κ1) is 13.3. The highest BCUT2D eigenvalue weighted by Gasteiger charge is 2.19. The molecule has 2 rings (SSSR count). The molecule has 17 heavy (non-hydrogen) atoms. The van der Waals surface area contributed by atoms with E-state index in [1.807, 2.05) is 0 Å². The van der Waals surface area contributed by atoms with Crippen LogP contribution in [-0.2, 0) is 0 Å². The van der Waals surface area contributed by atoms with Gasteiger partial charge in [-0.1, -0.05) is 6.42 Å². The molecule has 1 N–H and O–H groups in total. The predicted molar refractivity (Wildman–Crippen MR) is 72.0 cm³/mol. The fourth-order valence-corrected chi connectivity index (χ4v) is 2.86. The summed E-state index contributed by atoms with van der Waals surface area (Å²) in [6.07, 6.45) is 5.49. The Balaban J connectivity index is 1.59. The maximum absolute atomic E-state index is 3.59. The second-order valence-electron chi connectivity index (χ2n) is 5.62. The lowest BCUT2D eigenvalue weighted by molar-refractivity contribution is 0.0956. The number of nitrogens with one attached hydrogen (secondary N) is 1. The molecule has 2 aliphatic rings. The fourth-order valence-electron chi connectivity index (χ4n) is 2.86. The van der Waals surface area contributed by atoms with Crippen molar-refractivity contribution in [2.45, 2.75) is 31.7 Å². The van der Waals surface area contributed by atoms with Crippen LogP contribution < -0.4 is 5.43 Å². The highest BCUT2D eigenvalue weighted by atomic mass is 15.5. The summed E-state index contributed by atoms with van der Waals surface area (Å²) in [7, 11) is 4.48. The summed E-state index contributed by atoms with van der Waals surface area (Å²) in [4.78, 5) is 4.93. The Morgan fingerprint density at radius 2 is 1.76 bits per heavy atom. The quantitative estimate of drug-likeness (QED) is 0.777. The lowest BCUT2D eigenvalue weighted by atomic mass is 10.0. The van der Waals surface area contributed by atoms with E-state index in [0.717, 1.165) is 25.7 Å². The number of piperazine rings is 1. The van der Waals surface area contributed by atoms with E-state index >= 15 is 0 Å². The van der Waals surface area contributed by atoms with Crippen LogP contribution in [0, 0.1) is 0 Å². The van der Waals surface area contributed by atoms with E-state index in [-0.39, 0.29) is 0 Å². The van der Waals surface area contributed by atoms with Crippen molar-refractivity contribution in [2.24, 2.45) is 0 Å². The van der Waals surface area contributed by atoms with E-state index in [1.165, 1.54) is 45.3 Å². The molecule has 0 saturated carbocycles. The van der Waals surface area contributed by atoms with E-state index in [0.29, 0.717) is 0 Å². The van der Waals surface area contributed by atoms with E-state index in [1.54, 1.807) is 0 Å². The van der Waals surface area contributed by atoms with Crippen molar-refractivity contribution in [3.05, 3.63) is 0 Å². The molecule has 0 aromatic rings. The second kappa shape index (κ2) is 6.69. The van der Waals surface area contributed by atoms with Crippen LogP contribution in [0.1, 0.15) is 25.7 Å². The molecular weight excluding hydrogens is 212 g/mol. The van der Waals surface area contributed by atoms with Gasteiger partial charge in [0.05, 0.1) is 0 Å². The number of piperidine rings is 1. The van der Waals surface area contributed by atoms with Gasteiger partial charge in [0.1, 0.15) is 0 Å². The zero-order chi connectivity index (χ0) is 12.1. The van der Waals surface area contributed by atoms with Gasteiger partial charge in [-0.3, -0.25) is 5.43 Å². The van der Waals surface area contributed by atoms with Gasteiger partial charge in [-0.25, -0.2) is 5.01 Å². The monoisotopic (exact) mass is 240 g/mol. The molecule has 0 aromatic carbocycles. The van der Waals surface area contributed by atoms with Crippen molar-refractivity contribution >= 4 is 0 Å². The molecule has 4 heteroatoms. The van der Waals surface area contributed by atoms with E-state index in [2.05, 4.69) is 34.3 Å². The molecule has 0 amide bonds. The van der Waals surface area contributed by atoms with E-state index < -0.39 is 0 Å². The molecule has 0 aliphatic carbocycles.